The molecule has 3 aliphatic heterocycles. The third-order valence-electron chi connectivity index (χ3n) is 8.93. The summed E-state index contributed by atoms with van der Waals surface area (Å²) in [6.07, 6.45) is 0.903. The van der Waals surface area contributed by atoms with Crippen LogP contribution in [0.4, 0.5) is 9.59 Å². The number of amides is 2. The minimum Gasteiger partial charge on any atom is -0.483 e. The molecular formula is C35H41N5O8. The lowest BCUT2D eigenvalue weighted by molar-refractivity contribution is -0.00926. The van der Waals surface area contributed by atoms with E-state index in [0.29, 0.717) is 29.1 Å². The van der Waals surface area contributed by atoms with Gasteiger partial charge in [-0.1, -0.05) is 6.08 Å². The van der Waals surface area contributed by atoms with E-state index in [-0.39, 0.29) is 31.2 Å². The second kappa shape index (κ2) is 11.3. The maximum atomic E-state index is 14.0. The summed E-state index contributed by atoms with van der Waals surface area (Å²) in [5.41, 5.74) is -0.973. The minimum atomic E-state index is -0.855. The van der Waals surface area contributed by atoms with E-state index < -0.39 is 46.3 Å². The Morgan fingerprint density at radius 3 is 2.23 bits per heavy atom. The molecule has 13 nitrogen and oxygen atoms in total. The molecule has 2 aromatic carbocycles. The van der Waals surface area contributed by atoms with E-state index in [4.69, 9.17) is 14.2 Å². The highest BCUT2D eigenvalue weighted by Crippen LogP contribution is 2.47. The van der Waals surface area contributed by atoms with Crippen molar-refractivity contribution in [3.8, 4) is 17.2 Å². The minimum absolute atomic E-state index is 0.119. The number of rotatable bonds is 3. The van der Waals surface area contributed by atoms with Gasteiger partial charge in [-0.2, -0.15) is 0 Å². The van der Waals surface area contributed by atoms with E-state index in [1.165, 1.54) is 16.3 Å². The molecule has 0 spiro atoms. The smallest absolute Gasteiger partial charge is 0.415 e. The number of hydrogen-bond donors (Lipinski definition) is 0. The van der Waals surface area contributed by atoms with Crippen LogP contribution in [0.2, 0.25) is 0 Å². The van der Waals surface area contributed by atoms with Crippen LogP contribution in [0.25, 0.3) is 5.69 Å². The van der Waals surface area contributed by atoms with Crippen molar-refractivity contribution in [2.75, 3.05) is 19.6 Å². The molecule has 0 saturated carbocycles. The number of carbonyl (C=O) groups excluding carboxylic acids is 3. The predicted octanol–water partition coefficient (Wildman–Crippen LogP) is 4.53. The van der Waals surface area contributed by atoms with Crippen LogP contribution in [0, 0.1) is 0 Å². The Morgan fingerprint density at radius 2 is 1.60 bits per heavy atom. The average molecular weight is 660 g/mol. The molecule has 48 heavy (non-hydrogen) atoms. The number of nitrogens with zero attached hydrogens (tertiary/aromatic N) is 5. The Kier molecular flexibility index (Phi) is 7.72. The van der Waals surface area contributed by atoms with Crippen LogP contribution in [0.1, 0.15) is 77.4 Å². The SMILES string of the molecule is CC(=O)c1ccc(-n2c(=O)n3n(c2=O)C2C(=CC3)C(C)(C)Oc3cc(OC(=O)N4CCN(C(=O)OC(C)(C)C)CC4(C)C)ccc32)cc1. The number of carbonyl (C=O) groups is 3. The number of Topliss-reactive ketones (excluding diaryl/α,β-unsaturated/α-hetero) is 1. The van der Waals surface area contributed by atoms with E-state index in [2.05, 4.69) is 0 Å². The summed E-state index contributed by atoms with van der Waals surface area (Å²) in [6, 6.07) is 10.7. The first-order valence-corrected chi connectivity index (χ1v) is 15.9. The zero-order chi connectivity index (χ0) is 34.9. The zero-order valence-electron chi connectivity index (χ0n) is 28.5. The second-order valence-electron chi connectivity index (χ2n) is 14.5. The maximum Gasteiger partial charge on any atom is 0.415 e. The van der Waals surface area contributed by atoms with E-state index in [1.54, 1.807) is 52.3 Å². The van der Waals surface area contributed by atoms with Gasteiger partial charge in [0, 0.05) is 36.8 Å². The van der Waals surface area contributed by atoms with Gasteiger partial charge >= 0.3 is 23.6 Å². The van der Waals surface area contributed by atoms with Gasteiger partial charge in [0.2, 0.25) is 0 Å². The molecule has 1 unspecified atom stereocenters. The van der Waals surface area contributed by atoms with Gasteiger partial charge in [0.1, 0.15) is 28.7 Å². The summed E-state index contributed by atoms with van der Waals surface area (Å²) >= 11 is 0. The largest absolute Gasteiger partial charge is 0.483 e. The van der Waals surface area contributed by atoms with Crippen LogP contribution in [-0.2, 0) is 11.3 Å². The van der Waals surface area contributed by atoms with Crippen molar-refractivity contribution >= 4 is 18.0 Å². The topological polar surface area (TPSA) is 134 Å². The van der Waals surface area contributed by atoms with Crippen molar-refractivity contribution in [2.45, 2.75) is 84.7 Å². The van der Waals surface area contributed by atoms with Gasteiger partial charge in [-0.25, -0.2) is 33.1 Å². The Bertz CT molecular complexity index is 1970. The molecule has 0 N–H and O–H groups in total. The molecule has 6 rings (SSSR count). The molecule has 3 aromatic rings. The standard InChI is InChI=1S/C35H41N5O8/c1-21(41)22-9-11-23(12-10-22)39-29(42)38-16-15-26-28(40(38)30(39)43)25-14-13-24(19-27(25)47-35(26,7)8)46-32(45)37-18-17-36(20-34(37,5)6)31(44)48-33(2,3)4/h9-15,19,28H,16-18,20H2,1-8H3. The van der Waals surface area contributed by atoms with E-state index in [1.807, 2.05) is 54.5 Å². The van der Waals surface area contributed by atoms with Crippen molar-refractivity contribution in [1.29, 1.82) is 0 Å². The molecule has 254 valence electrons. The number of fused-ring (bicyclic) bond motifs is 5. The molecule has 1 atom stereocenters. The lowest BCUT2D eigenvalue weighted by Gasteiger charge is -2.46. The Morgan fingerprint density at radius 1 is 0.917 bits per heavy atom. The molecule has 0 aliphatic carbocycles. The van der Waals surface area contributed by atoms with Crippen LogP contribution < -0.4 is 20.9 Å². The van der Waals surface area contributed by atoms with Crippen molar-refractivity contribution in [1.82, 2.24) is 23.7 Å². The van der Waals surface area contributed by atoms with Gasteiger partial charge in [0.05, 0.1) is 17.8 Å². The summed E-state index contributed by atoms with van der Waals surface area (Å²) in [6.45, 7) is 15.4. The van der Waals surface area contributed by atoms with E-state index in [0.717, 1.165) is 10.1 Å². The molecule has 0 bridgehead atoms. The highest BCUT2D eigenvalue weighted by molar-refractivity contribution is 5.94. The summed E-state index contributed by atoms with van der Waals surface area (Å²) in [7, 11) is 0. The number of aromatic nitrogens is 3. The quantitative estimate of drug-likeness (QED) is 0.296. The first-order valence-electron chi connectivity index (χ1n) is 15.9. The van der Waals surface area contributed by atoms with Gasteiger partial charge in [0.25, 0.3) is 0 Å². The first kappa shape index (κ1) is 32.9. The molecule has 1 aromatic heterocycles. The number of benzene rings is 2. The highest BCUT2D eigenvalue weighted by Gasteiger charge is 2.45. The zero-order valence-corrected chi connectivity index (χ0v) is 28.5. The lowest BCUT2D eigenvalue weighted by Crippen LogP contribution is -2.63. The highest BCUT2D eigenvalue weighted by atomic mass is 16.6. The molecule has 3 aliphatic rings. The Labute approximate surface area is 277 Å². The lowest BCUT2D eigenvalue weighted by atomic mass is 9.83. The third-order valence-corrected chi connectivity index (χ3v) is 8.93. The second-order valence-corrected chi connectivity index (χ2v) is 14.5. The van der Waals surface area contributed by atoms with Crippen LogP contribution in [0.3, 0.4) is 0 Å². The van der Waals surface area contributed by atoms with Gasteiger partial charge in [-0.15, -0.1) is 0 Å². The maximum absolute atomic E-state index is 14.0. The Balaban J connectivity index is 1.28. The number of hydrogen-bond acceptors (Lipinski definition) is 8. The van der Waals surface area contributed by atoms with Crippen molar-refractivity contribution in [3.63, 3.8) is 0 Å². The van der Waals surface area contributed by atoms with Crippen molar-refractivity contribution in [2.24, 2.45) is 0 Å². The van der Waals surface area contributed by atoms with Crippen molar-refractivity contribution < 1.29 is 28.6 Å². The molecule has 1 fully saturated rings. The monoisotopic (exact) mass is 659 g/mol. The molecule has 1 saturated heterocycles. The number of piperazine rings is 1. The van der Waals surface area contributed by atoms with E-state index >= 15 is 0 Å². The summed E-state index contributed by atoms with van der Waals surface area (Å²) in [5.74, 6) is 0.537. The number of ketones is 1. The fourth-order valence-electron chi connectivity index (χ4n) is 6.64. The third kappa shape index (κ3) is 5.71. The van der Waals surface area contributed by atoms with Crippen LogP contribution in [0.5, 0.6) is 11.5 Å². The molecule has 4 heterocycles. The van der Waals surface area contributed by atoms with Gasteiger partial charge < -0.3 is 19.1 Å². The number of allylic oxidation sites excluding steroid dienone is 1. The van der Waals surface area contributed by atoms with Crippen LogP contribution >= 0.6 is 0 Å². The summed E-state index contributed by atoms with van der Waals surface area (Å²) in [5, 5.41) is 0. The van der Waals surface area contributed by atoms with Gasteiger partial charge in [-0.3, -0.25) is 9.69 Å². The fraction of sp³-hybridized carbons (Fsp3) is 0.457. The van der Waals surface area contributed by atoms with Crippen LogP contribution in [-0.4, -0.2) is 78.1 Å². The molecular weight excluding hydrogens is 618 g/mol. The van der Waals surface area contributed by atoms with Crippen LogP contribution in [0.15, 0.2) is 63.7 Å². The van der Waals surface area contributed by atoms with Gasteiger partial charge in [-0.05, 0) is 97.4 Å². The summed E-state index contributed by atoms with van der Waals surface area (Å²) < 4.78 is 21.7. The predicted molar refractivity (Wildman–Crippen MR) is 176 cm³/mol. The number of ether oxygens (including phenoxy) is 3. The van der Waals surface area contributed by atoms with Gasteiger partial charge in [0.15, 0.2) is 5.78 Å². The fourth-order valence-corrected chi connectivity index (χ4v) is 6.64. The Hall–Kier alpha value is -5.07. The average Bonchev–Trinajstić information content (AvgIpc) is 3.24. The molecule has 2 amide bonds. The molecule has 0 radical (unpaired) electrons. The summed E-state index contributed by atoms with van der Waals surface area (Å²) in [4.78, 5) is 68.7. The normalized spacial score (nSPS) is 19.2. The molecule has 13 heteroatoms. The van der Waals surface area contributed by atoms with Crippen molar-refractivity contribution in [3.05, 3.63) is 86.2 Å². The first-order chi connectivity index (χ1) is 22.4. The van der Waals surface area contributed by atoms with E-state index in [9.17, 15) is 24.0 Å².